The van der Waals surface area contributed by atoms with E-state index < -0.39 is 5.60 Å². The molecule has 0 aromatic heterocycles. The molecule has 1 aliphatic heterocycles. The lowest BCUT2D eigenvalue weighted by atomic mass is 9.85. The first-order valence-electron chi connectivity index (χ1n) is 7.21. The highest BCUT2D eigenvalue weighted by molar-refractivity contribution is 6.06. The van der Waals surface area contributed by atoms with E-state index in [2.05, 4.69) is 12.2 Å². The molecule has 20 heavy (non-hydrogen) atoms. The van der Waals surface area contributed by atoms with Gasteiger partial charge in [-0.15, -0.1) is 0 Å². The highest BCUT2D eigenvalue weighted by Gasteiger charge is 2.59. The summed E-state index contributed by atoms with van der Waals surface area (Å²) in [7, 11) is 3.72. The lowest BCUT2D eigenvalue weighted by Gasteiger charge is -2.31. The molecule has 0 spiro atoms. The molecule has 2 aliphatic carbocycles. The Kier molecular flexibility index (Phi) is 3.03. The average Bonchev–Trinajstić information content (AvgIpc) is 2.97. The third-order valence-electron chi connectivity index (χ3n) is 4.72. The number of likely N-dealkylation sites (tertiary alicyclic amines) is 1. The Bertz CT molecular complexity index is 454. The third kappa shape index (κ3) is 2.00. The second kappa shape index (κ2) is 4.40. The summed E-state index contributed by atoms with van der Waals surface area (Å²) < 4.78 is 0. The van der Waals surface area contributed by atoms with Crippen LogP contribution in [0.2, 0.25) is 0 Å². The minimum Gasteiger partial charge on any atom is -0.387 e. The minimum absolute atomic E-state index is 0.0871. The molecule has 3 rings (SSSR count). The van der Waals surface area contributed by atoms with Crippen molar-refractivity contribution in [2.45, 2.75) is 18.9 Å². The van der Waals surface area contributed by atoms with E-state index in [9.17, 15) is 14.7 Å². The van der Waals surface area contributed by atoms with Gasteiger partial charge in [-0.05, 0) is 39.3 Å². The smallest absolute Gasteiger partial charge is 0.233 e. The summed E-state index contributed by atoms with van der Waals surface area (Å²) in [5.74, 6) is -0.0671. The molecule has 5 heteroatoms. The van der Waals surface area contributed by atoms with Crippen LogP contribution >= 0.6 is 0 Å². The summed E-state index contributed by atoms with van der Waals surface area (Å²) in [6.45, 7) is 2.19. The lowest BCUT2D eigenvalue weighted by Crippen LogP contribution is -2.49. The standard InChI is InChI=1S/C15H22N2O3/c1-15(20,7-16(2)3)8-17-13(18)11-9-4-5-10(6-9)12(11)14(17)19/h4-5,9-12,20H,6-8H2,1-3H3. The van der Waals surface area contributed by atoms with Crippen LogP contribution in [0.15, 0.2) is 12.2 Å². The summed E-state index contributed by atoms with van der Waals surface area (Å²) in [5, 5.41) is 10.4. The molecule has 3 aliphatic rings. The van der Waals surface area contributed by atoms with Crippen LogP contribution in [-0.4, -0.2) is 59.5 Å². The monoisotopic (exact) mass is 278 g/mol. The van der Waals surface area contributed by atoms with E-state index in [1.807, 2.05) is 19.0 Å². The lowest BCUT2D eigenvalue weighted by molar-refractivity contribution is -0.144. The zero-order chi connectivity index (χ0) is 14.7. The predicted molar refractivity (Wildman–Crippen MR) is 73.6 cm³/mol. The zero-order valence-corrected chi connectivity index (χ0v) is 12.2. The first-order valence-corrected chi connectivity index (χ1v) is 7.21. The Hall–Kier alpha value is -1.20. The second-order valence-corrected chi connectivity index (χ2v) is 7.00. The number of carbonyl (C=O) groups is 2. The van der Waals surface area contributed by atoms with Gasteiger partial charge >= 0.3 is 0 Å². The van der Waals surface area contributed by atoms with Gasteiger partial charge in [0.2, 0.25) is 11.8 Å². The van der Waals surface area contributed by atoms with Crippen molar-refractivity contribution >= 4 is 11.8 Å². The van der Waals surface area contributed by atoms with Crippen LogP contribution in [0.25, 0.3) is 0 Å². The van der Waals surface area contributed by atoms with Crippen molar-refractivity contribution in [3.63, 3.8) is 0 Å². The van der Waals surface area contributed by atoms with E-state index in [0.29, 0.717) is 6.54 Å². The number of aliphatic hydroxyl groups is 1. The van der Waals surface area contributed by atoms with Gasteiger partial charge in [-0.25, -0.2) is 0 Å². The highest BCUT2D eigenvalue weighted by Crippen LogP contribution is 2.52. The zero-order valence-electron chi connectivity index (χ0n) is 12.2. The number of amides is 2. The number of hydrogen-bond acceptors (Lipinski definition) is 4. The number of fused-ring (bicyclic) bond motifs is 5. The second-order valence-electron chi connectivity index (χ2n) is 7.00. The Morgan fingerprint density at radius 3 is 2.20 bits per heavy atom. The molecule has 1 saturated carbocycles. The molecular weight excluding hydrogens is 256 g/mol. The molecule has 2 bridgehead atoms. The van der Waals surface area contributed by atoms with Crippen LogP contribution in [0, 0.1) is 23.7 Å². The minimum atomic E-state index is -1.07. The number of imide groups is 1. The average molecular weight is 278 g/mol. The molecule has 5 unspecified atom stereocenters. The van der Waals surface area contributed by atoms with Crippen LogP contribution in [0.3, 0.4) is 0 Å². The number of likely N-dealkylation sites (N-methyl/N-ethyl adjacent to an activating group) is 1. The van der Waals surface area contributed by atoms with Crippen molar-refractivity contribution < 1.29 is 14.7 Å². The molecule has 1 N–H and O–H groups in total. The summed E-state index contributed by atoms with van der Waals surface area (Å²) in [6, 6.07) is 0. The fourth-order valence-electron chi connectivity index (χ4n) is 4.19. The molecule has 2 amide bonds. The number of rotatable bonds is 4. The van der Waals surface area contributed by atoms with Crippen molar-refractivity contribution in [1.29, 1.82) is 0 Å². The van der Waals surface area contributed by atoms with Crippen LogP contribution < -0.4 is 0 Å². The Morgan fingerprint density at radius 1 is 1.25 bits per heavy atom. The summed E-state index contributed by atoms with van der Waals surface area (Å²) in [4.78, 5) is 28.1. The van der Waals surface area contributed by atoms with Gasteiger partial charge in [-0.1, -0.05) is 12.2 Å². The van der Waals surface area contributed by atoms with E-state index in [0.717, 1.165) is 6.42 Å². The van der Waals surface area contributed by atoms with Crippen molar-refractivity contribution in [3.8, 4) is 0 Å². The van der Waals surface area contributed by atoms with E-state index >= 15 is 0 Å². The number of hydrogen-bond donors (Lipinski definition) is 1. The van der Waals surface area contributed by atoms with E-state index in [4.69, 9.17) is 0 Å². The summed E-state index contributed by atoms with van der Waals surface area (Å²) in [5.41, 5.74) is -1.07. The first kappa shape index (κ1) is 13.8. The first-order chi connectivity index (χ1) is 9.30. The molecule has 5 nitrogen and oxygen atoms in total. The van der Waals surface area contributed by atoms with Crippen LogP contribution in [-0.2, 0) is 9.59 Å². The molecule has 0 aromatic carbocycles. The maximum absolute atomic E-state index is 12.5. The number of carbonyl (C=O) groups excluding carboxylic acids is 2. The normalized spacial score (nSPS) is 38.0. The molecule has 5 atom stereocenters. The quantitative estimate of drug-likeness (QED) is 0.585. The van der Waals surface area contributed by atoms with Crippen LogP contribution in [0.1, 0.15) is 13.3 Å². The van der Waals surface area contributed by atoms with Crippen molar-refractivity contribution in [2.24, 2.45) is 23.7 Å². The van der Waals surface area contributed by atoms with Gasteiger partial charge in [0.15, 0.2) is 0 Å². The van der Waals surface area contributed by atoms with Gasteiger partial charge in [-0.2, -0.15) is 0 Å². The Balaban J connectivity index is 1.77. The van der Waals surface area contributed by atoms with Gasteiger partial charge in [0.1, 0.15) is 0 Å². The van der Waals surface area contributed by atoms with E-state index in [1.165, 1.54) is 4.90 Å². The maximum atomic E-state index is 12.5. The van der Waals surface area contributed by atoms with Gasteiger partial charge in [-0.3, -0.25) is 14.5 Å². The van der Waals surface area contributed by atoms with Crippen LogP contribution in [0.5, 0.6) is 0 Å². The summed E-state index contributed by atoms with van der Waals surface area (Å²) >= 11 is 0. The third-order valence-corrected chi connectivity index (χ3v) is 4.72. The van der Waals surface area contributed by atoms with Gasteiger partial charge in [0, 0.05) is 6.54 Å². The molecule has 0 aromatic rings. The topological polar surface area (TPSA) is 60.9 Å². The SMILES string of the molecule is CN(C)CC(C)(O)CN1C(=O)C2C3C=CC(C3)C2C1=O. The van der Waals surface area contributed by atoms with Crippen molar-refractivity contribution in [3.05, 3.63) is 12.2 Å². The molecule has 110 valence electrons. The Labute approximate surface area is 119 Å². The van der Waals surface area contributed by atoms with E-state index in [1.54, 1.807) is 6.92 Å². The Morgan fingerprint density at radius 2 is 1.75 bits per heavy atom. The highest BCUT2D eigenvalue weighted by atomic mass is 16.3. The molecular formula is C15H22N2O3. The van der Waals surface area contributed by atoms with Crippen molar-refractivity contribution in [2.75, 3.05) is 27.2 Å². The molecule has 2 fully saturated rings. The fraction of sp³-hybridized carbons (Fsp3) is 0.733. The van der Waals surface area contributed by atoms with Gasteiger partial charge < -0.3 is 10.0 Å². The van der Waals surface area contributed by atoms with E-state index in [-0.39, 0.29) is 42.0 Å². The largest absolute Gasteiger partial charge is 0.387 e. The number of nitrogens with zero attached hydrogens (tertiary/aromatic N) is 2. The molecule has 1 heterocycles. The number of β-amino-alcohol motifs (C(OH)–C–C–N with tert-alkyl or cyclic N) is 1. The van der Waals surface area contributed by atoms with Crippen molar-refractivity contribution in [1.82, 2.24) is 9.80 Å². The van der Waals surface area contributed by atoms with Crippen LogP contribution in [0.4, 0.5) is 0 Å². The number of allylic oxidation sites excluding steroid dienone is 2. The fourth-order valence-corrected chi connectivity index (χ4v) is 4.19. The maximum Gasteiger partial charge on any atom is 0.233 e. The summed E-state index contributed by atoms with van der Waals surface area (Å²) in [6.07, 6.45) is 5.10. The molecule has 0 radical (unpaired) electrons. The predicted octanol–water partition coefficient (Wildman–Crippen LogP) is 0.106. The van der Waals surface area contributed by atoms with Gasteiger partial charge in [0.25, 0.3) is 0 Å². The van der Waals surface area contributed by atoms with Gasteiger partial charge in [0.05, 0.1) is 24.0 Å². The molecule has 1 saturated heterocycles.